The van der Waals surface area contributed by atoms with Crippen LogP contribution in [-0.4, -0.2) is 57.0 Å². The van der Waals surface area contributed by atoms with Crippen molar-refractivity contribution < 1.29 is 29.6 Å². The van der Waals surface area contributed by atoms with Gasteiger partial charge in [-0.05, 0) is 152 Å². The van der Waals surface area contributed by atoms with Crippen LogP contribution in [0.25, 0.3) is 0 Å². The van der Waals surface area contributed by atoms with Crippen molar-refractivity contribution in [2.45, 2.75) is 137 Å². The molecule has 0 unspecified atom stereocenters. The summed E-state index contributed by atoms with van der Waals surface area (Å²) in [4.78, 5) is 28.5. The molecular weight excluding hydrogens is 679 g/mol. The zero-order valence-electron chi connectivity index (χ0n) is 33.4. The number of allylic oxidation sites excluding steroid dienone is 4. The van der Waals surface area contributed by atoms with E-state index in [0.717, 1.165) is 32.1 Å². The summed E-state index contributed by atoms with van der Waals surface area (Å²) in [7, 11) is 0. The van der Waals surface area contributed by atoms with Crippen molar-refractivity contribution in [1.29, 1.82) is 5.26 Å². The quantitative estimate of drug-likeness (QED) is 0.185. The lowest BCUT2D eigenvalue weighted by molar-refractivity contribution is -0.222. The molecule has 0 amide bonds. The van der Waals surface area contributed by atoms with Gasteiger partial charge in [0.15, 0.2) is 6.10 Å². The van der Waals surface area contributed by atoms with E-state index >= 15 is 0 Å². The summed E-state index contributed by atoms with van der Waals surface area (Å²) in [5, 5.41) is 43.4. The molecule has 7 rings (SSSR count). The average molecular weight is 742 g/mol. The molecule has 1 aromatic rings. The van der Waals surface area contributed by atoms with Gasteiger partial charge in [-0.15, -0.1) is 0 Å². The Balaban J connectivity index is 1.13. The van der Waals surface area contributed by atoms with Crippen LogP contribution >= 0.6 is 0 Å². The Bertz CT molecular complexity index is 1760. The molecule has 294 valence electrons. The second kappa shape index (κ2) is 13.8. The molecular formula is C45H63N3O6. The number of aliphatic hydroxyl groups is 1. The van der Waals surface area contributed by atoms with Crippen molar-refractivity contribution in [2.75, 3.05) is 13.2 Å². The number of ether oxygens (including phenoxy) is 1. The molecule has 11 atom stereocenters. The van der Waals surface area contributed by atoms with Crippen LogP contribution in [0.5, 0.6) is 5.88 Å². The van der Waals surface area contributed by atoms with E-state index in [9.17, 15) is 30.2 Å². The third-order valence-corrected chi connectivity index (χ3v) is 17.4. The highest BCUT2D eigenvalue weighted by Gasteiger charge is 2.70. The fourth-order valence-electron chi connectivity index (χ4n) is 14.4. The SMILES string of the molecule is CC[C@@H]1CC[C@]2(NC[C@@H](O)C(=O)O)CC[C@]3(C)[C@H](CC[C@@H]4[C@@]5(C)CC=C(C6=CC[C@](COc7ncccc7C#N)(C(=O)O)CC6)C(C)(C)[C@@H]5CC[C@]43C)[C@@H]12. The number of β-amino-alcohol motifs (C(OH)–C–C–N with tert-alkyl or cyclic N) is 1. The van der Waals surface area contributed by atoms with E-state index in [1.165, 1.54) is 43.3 Å². The second-order valence-electron chi connectivity index (χ2n) is 19.6. The number of nitriles is 1. The van der Waals surface area contributed by atoms with Crippen LogP contribution in [-0.2, 0) is 9.59 Å². The number of aliphatic carboxylic acids is 2. The molecule has 0 saturated heterocycles. The standard InChI is InChI=1S/C45H63N3O6/c1-7-28-14-21-45(48-26-33(49)38(50)51)23-22-42(5)32(36(28)45)10-11-35-41(4)17-15-31(40(2,3)34(41)16-18-43(35,42)6)29-12-19-44(20-13-29,39(52)53)27-54-37-30(25-46)9-8-24-47-37/h8-9,12,15,24,28,32-36,48-49H,7,10-11,13-14,16-23,26-27H2,1-6H3,(H,50,51)(H,52,53)/t28-,32-,33-,34+,35-,36-,41+,42-,43-,44+,45+/m1/s1. The molecule has 1 heterocycles. The molecule has 0 aromatic carbocycles. The minimum atomic E-state index is -1.38. The molecule has 0 spiro atoms. The monoisotopic (exact) mass is 741 g/mol. The summed E-state index contributed by atoms with van der Waals surface area (Å²) in [5.74, 6) is 0.974. The number of hydrogen-bond donors (Lipinski definition) is 4. The van der Waals surface area contributed by atoms with E-state index in [1.54, 1.807) is 18.3 Å². The van der Waals surface area contributed by atoms with Crippen molar-refractivity contribution in [1.82, 2.24) is 10.3 Å². The Labute approximate surface area is 322 Å². The molecule has 4 saturated carbocycles. The number of aromatic nitrogens is 1. The number of pyridine rings is 1. The Kier molecular flexibility index (Phi) is 9.95. The predicted molar refractivity (Wildman–Crippen MR) is 206 cm³/mol. The van der Waals surface area contributed by atoms with Crippen LogP contribution in [0.15, 0.2) is 41.6 Å². The normalized spacial score (nSPS) is 41.4. The first-order valence-corrected chi connectivity index (χ1v) is 20.8. The zero-order valence-corrected chi connectivity index (χ0v) is 33.4. The van der Waals surface area contributed by atoms with Crippen molar-refractivity contribution >= 4 is 11.9 Å². The summed E-state index contributed by atoms with van der Waals surface area (Å²) in [6.45, 7) is 15.2. The van der Waals surface area contributed by atoms with Crippen LogP contribution in [0.3, 0.4) is 0 Å². The Hall–Kier alpha value is -3.22. The highest BCUT2D eigenvalue weighted by atomic mass is 16.5. The van der Waals surface area contributed by atoms with E-state index in [-0.39, 0.29) is 46.2 Å². The van der Waals surface area contributed by atoms with Gasteiger partial charge in [0.1, 0.15) is 23.7 Å². The number of carboxylic acid groups (broad SMARTS) is 2. The lowest BCUT2D eigenvalue weighted by Crippen LogP contribution is -2.68. The predicted octanol–water partition coefficient (Wildman–Crippen LogP) is 8.33. The summed E-state index contributed by atoms with van der Waals surface area (Å²) in [5.41, 5.74) is 2.32. The van der Waals surface area contributed by atoms with Gasteiger partial charge in [0.2, 0.25) is 5.88 Å². The number of nitrogens with zero attached hydrogens (tertiary/aromatic N) is 2. The van der Waals surface area contributed by atoms with E-state index in [0.29, 0.717) is 54.4 Å². The molecule has 4 N–H and O–H groups in total. The number of hydrogen-bond acceptors (Lipinski definition) is 7. The van der Waals surface area contributed by atoms with Gasteiger partial charge in [-0.1, -0.05) is 60.1 Å². The van der Waals surface area contributed by atoms with Gasteiger partial charge in [0.25, 0.3) is 0 Å². The van der Waals surface area contributed by atoms with Gasteiger partial charge < -0.3 is 25.4 Å². The van der Waals surface area contributed by atoms with Crippen molar-refractivity contribution in [2.24, 2.45) is 56.7 Å². The Morgan fingerprint density at radius 1 is 0.981 bits per heavy atom. The molecule has 1 aromatic heterocycles. The molecule has 54 heavy (non-hydrogen) atoms. The van der Waals surface area contributed by atoms with Crippen LogP contribution < -0.4 is 10.1 Å². The van der Waals surface area contributed by atoms with Gasteiger partial charge in [0.05, 0.1) is 0 Å². The third kappa shape index (κ3) is 5.78. The maximum absolute atomic E-state index is 12.7. The first kappa shape index (κ1) is 39.0. The van der Waals surface area contributed by atoms with Crippen molar-refractivity contribution in [3.63, 3.8) is 0 Å². The first-order valence-electron chi connectivity index (χ1n) is 20.8. The van der Waals surface area contributed by atoms with Gasteiger partial charge in [-0.25, -0.2) is 9.78 Å². The minimum Gasteiger partial charge on any atom is -0.481 e. The smallest absolute Gasteiger partial charge is 0.333 e. The summed E-state index contributed by atoms with van der Waals surface area (Å²) >= 11 is 0. The number of nitrogens with one attached hydrogen (secondary N) is 1. The number of carbonyl (C=O) groups is 2. The Morgan fingerprint density at radius 3 is 2.43 bits per heavy atom. The molecule has 6 aliphatic carbocycles. The minimum absolute atomic E-state index is 0.0255. The molecule has 9 nitrogen and oxygen atoms in total. The van der Waals surface area contributed by atoms with E-state index < -0.39 is 23.5 Å². The number of fused-ring (bicyclic) bond motifs is 7. The van der Waals surface area contributed by atoms with Crippen molar-refractivity contribution in [3.8, 4) is 11.9 Å². The number of aliphatic hydroxyl groups excluding tert-OH is 1. The number of carboxylic acids is 2. The van der Waals surface area contributed by atoms with E-state index in [1.807, 2.05) is 0 Å². The van der Waals surface area contributed by atoms with Gasteiger partial charge in [-0.2, -0.15) is 5.26 Å². The lowest BCUT2D eigenvalue weighted by atomic mass is 9.33. The zero-order chi connectivity index (χ0) is 38.9. The van der Waals surface area contributed by atoms with E-state index in [2.05, 4.69) is 70.1 Å². The van der Waals surface area contributed by atoms with Gasteiger partial charge in [0, 0.05) is 18.3 Å². The Morgan fingerprint density at radius 2 is 1.76 bits per heavy atom. The molecule has 9 heteroatoms. The van der Waals surface area contributed by atoms with Crippen molar-refractivity contribution in [3.05, 3.63) is 47.2 Å². The van der Waals surface area contributed by atoms with Gasteiger partial charge >= 0.3 is 11.9 Å². The van der Waals surface area contributed by atoms with Gasteiger partial charge in [-0.3, -0.25) is 4.79 Å². The highest BCUT2D eigenvalue weighted by Crippen LogP contribution is 2.76. The topological polar surface area (TPSA) is 153 Å². The lowest BCUT2D eigenvalue weighted by Gasteiger charge is -2.72. The molecule has 0 radical (unpaired) electrons. The fraction of sp³-hybridized carbons (Fsp3) is 0.733. The summed E-state index contributed by atoms with van der Waals surface area (Å²) in [6.07, 6.45) is 17.9. The summed E-state index contributed by atoms with van der Waals surface area (Å²) in [6, 6.07) is 5.40. The fourth-order valence-corrected chi connectivity index (χ4v) is 14.4. The van der Waals surface area contributed by atoms with Crippen LogP contribution in [0.2, 0.25) is 0 Å². The molecule has 0 aliphatic heterocycles. The van der Waals surface area contributed by atoms with Crippen LogP contribution in [0.1, 0.15) is 131 Å². The van der Waals surface area contributed by atoms with E-state index in [4.69, 9.17) is 4.74 Å². The largest absolute Gasteiger partial charge is 0.481 e. The van der Waals surface area contributed by atoms with Crippen LogP contribution in [0.4, 0.5) is 0 Å². The molecule has 6 aliphatic rings. The molecule has 0 bridgehead atoms. The molecule has 4 fully saturated rings. The summed E-state index contributed by atoms with van der Waals surface area (Å²) < 4.78 is 5.92. The average Bonchev–Trinajstić information content (AvgIpc) is 3.52. The van der Waals surface area contributed by atoms with Crippen LogP contribution in [0, 0.1) is 68.0 Å². The highest BCUT2D eigenvalue weighted by molar-refractivity contribution is 5.76. The second-order valence-corrected chi connectivity index (χ2v) is 19.6. The number of rotatable bonds is 10. The third-order valence-electron chi connectivity index (χ3n) is 17.4. The maximum Gasteiger partial charge on any atom is 0.333 e. The first-order chi connectivity index (χ1) is 25.5. The maximum atomic E-state index is 12.7.